The average Bonchev–Trinajstić information content (AvgIpc) is 2.52. The maximum atomic E-state index is 11.8. The summed E-state index contributed by atoms with van der Waals surface area (Å²) in [6, 6.07) is 9.37. The Bertz CT molecular complexity index is 655. The van der Waals surface area contributed by atoms with E-state index in [0.29, 0.717) is 0 Å². The number of esters is 1. The van der Waals surface area contributed by atoms with Crippen molar-refractivity contribution in [3.05, 3.63) is 58.6 Å². The van der Waals surface area contributed by atoms with E-state index in [1.165, 1.54) is 6.08 Å². The molecule has 0 fully saturated rings. The van der Waals surface area contributed by atoms with Gasteiger partial charge in [0.05, 0.1) is 24.8 Å². The van der Waals surface area contributed by atoms with Crippen LogP contribution in [0.25, 0.3) is 10.9 Å². The number of carbonyl (C=O) groups is 1. The first kappa shape index (κ1) is 17.0. The molecular formula is C17H17N3O2. The molecule has 0 heterocycles. The van der Waals surface area contributed by atoms with Crippen LogP contribution in [-0.2, 0) is 9.53 Å². The molecule has 0 amide bonds. The molecule has 0 radical (unpaired) electrons. The van der Waals surface area contributed by atoms with Gasteiger partial charge in [-0.25, -0.2) is 14.9 Å². The van der Waals surface area contributed by atoms with E-state index >= 15 is 0 Å². The third-order valence-corrected chi connectivity index (χ3v) is 2.82. The highest BCUT2D eigenvalue weighted by Crippen LogP contribution is 2.16. The van der Waals surface area contributed by atoms with E-state index in [9.17, 15) is 4.79 Å². The second-order valence-corrected chi connectivity index (χ2v) is 4.53. The number of hydrogen-bond donors (Lipinski definition) is 0. The van der Waals surface area contributed by atoms with Crippen LogP contribution in [0, 0.1) is 17.9 Å². The molecule has 0 spiro atoms. The predicted octanol–water partition coefficient (Wildman–Crippen LogP) is 3.03. The molecule has 112 valence electrons. The van der Waals surface area contributed by atoms with E-state index in [2.05, 4.69) is 4.85 Å². The number of nitriles is 1. The number of rotatable bonds is 5. The Labute approximate surface area is 130 Å². The summed E-state index contributed by atoms with van der Waals surface area (Å²) in [5, 5.41) is 8.94. The molecule has 0 saturated heterocycles. The van der Waals surface area contributed by atoms with E-state index < -0.39 is 5.97 Å². The standard InChI is InChI=1S/C17H17N3O2/c1-5-22-17(21)15(16(12-18)19-2)11-8-13-6-9-14(10-7-13)20(3)4/h6-11H,5H2,1,3-4H3. The third kappa shape index (κ3) is 4.50. The highest BCUT2D eigenvalue weighted by Gasteiger charge is 2.14. The first-order valence-corrected chi connectivity index (χ1v) is 6.67. The molecule has 1 rings (SSSR count). The van der Waals surface area contributed by atoms with Crippen LogP contribution in [0.2, 0.25) is 0 Å². The van der Waals surface area contributed by atoms with Gasteiger partial charge >= 0.3 is 5.97 Å². The second kappa shape index (κ2) is 8.28. The number of hydrogen-bond acceptors (Lipinski definition) is 4. The largest absolute Gasteiger partial charge is 0.463 e. The lowest BCUT2D eigenvalue weighted by Crippen LogP contribution is -2.08. The molecule has 1 aromatic carbocycles. The first-order chi connectivity index (χ1) is 10.5. The lowest BCUT2D eigenvalue weighted by Gasteiger charge is -2.11. The molecule has 0 saturated carbocycles. The lowest BCUT2D eigenvalue weighted by atomic mass is 10.1. The predicted molar refractivity (Wildman–Crippen MR) is 85.7 cm³/mol. The molecule has 0 unspecified atom stereocenters. The zero-order valence-electron chi connectivity index (χ0n) is 12.8. The zero-order chi connectivity index (χ0) is 16.5. The van der Waals surface area contributed by atoms with Crippen molar-refractivity contribution >= 4 is 17.7 Å². The molecule has 5 heteroatoms. The highest BCUT2D eigenvalue weighted by molar-refractivity contribution is 5.95. The van der Waals surface area contributed by atoms with E-state index in [-0.39, 0.29) is 17.9 Å². The molecule has 0 N–H and O–H groups in total. The monoisotopic (exact) mass is 295 g/mol. The van der Waals surface area contributed by atoms with Gasteiger partial charge in [-0.05, 0) is 24.6 Å². The summed E-state index contributed by atoms with van der Waals surface area (Å²) in [6.07, 6.45) is 3.12. The summed E-state index contributed by atoms with van der Waals surface area (Å²) in [6.45, 7) is 8.83. The van der Waals surface area contributed by atoms with Gasteiger partial charge in [0.25, 0.3) is 5.70 Å². The van der Waals surface area contributed by atoms with Gasteiger partial charge in [-0.15, -0.1) is 0 Å². The molecule has 0 aliphatic heterocycles. The molecular weight excluding hydrogens is 278 g/mol. The van der Waals surface area contributed by atoms with Crippen LogP contribution >= 0.6 is 0 Å². The van der Waals surface area contributed by atoms with E-state index in [4.69, 9.17) is 16.6 Å². The normalized spacial score (nSPS) is 11.3. The Morgan fingerprint density at radius 2 is 2.05 bits per heavy atom. The maximum Gasteiger partial charge on any atom is 0.328 e. The Hall–Kier alpha value is -3.05. The SMILES string of the molecule is [C-]#[N+]C(C#N)=C(C=Cc1ccc(N(C)C)cc1)C(=O)OCC. The molecule has 0 aromatic heterocycles. The minimum Gasteiger partial charge on any atom is -0.463 e. The van der Waals surface area contributed by atoms with Crippen molar-refractivity contribution in [2.75, 3.05) is 25.6 Å². The van der Waals surface area contributed by atoms with Gasteiger partial charge in [0, 0.05) is 19.8 Å². The van der Waals surface area contributed by atoms with Crippen LogP contribution in [0.15, 0.2) is 41.6 Å². The fourth-order valence-electron chi connectivity index (χ4n) is 1.66. The number of nitrogens with zero attached hydrogens (tertiary/aromatic N) is 3. The van der Waals surface area contributed by atoms with Crippen LogP contribution in [0.4, 0.5) is 5.69 Å². The Morgan fingerprint density at radius 1 is 1.41 bits per heavy atom. The van der Waals surface area contributed by atoms with E-state index in [1.54, 1.807) is 19.1 Å². The average molecular weight is 295 g/mol. The van der Waals surface area contributed by atoms with Crippen LogP contribution in [0.5, 0.6) is 0 Å². The topological polar surface area (TPSA) is 57.7 Å². The van der Waals surface area contributed by atoms with Crippen molar-refractivity contribution in [2.45, 2.75) is 6.92 Å². The van der Waals surface area contributed by atoms with Crippen molar-refractivity contribution in [3.63, 3.8) is 0 Å². The van der Waals surface area contributed by atoms with Crippen molar-refractivity contribution in [1.82, 2.24) is 0 Å². The minimum absolute atomic E-state index is 0.0314. The van der Waals surface area contributed by atoms with Crippen LogP contribution in [0.1, 0.15) is 12.5 Å². The Morgan fingerprint density at radius 3 is 2.50 bits per heavy atom. The van der Waals surface area contributed by atoms with E-state index in [0.717, 1.165) is 11.3 Å². The summed E-state index contributed by atoms with van der Waals surface area (Å²) < 4.78 is 4.88. The van der Waals surface area contributed by atoms with Gasteiger partial charge < -0.3 is 9.64 Å². The molecule has 5 nitrogen and oxygen atoms in total. The molecule has 0 aliphatic rings. The zero-order valence-corrected chi connectivity index (χ0v) is 12.8. The number of ether oxygens (including phenoxy) is 1. The maximum absolute atomic E-state index is 11.8. The number of allylic oxidation sites excluding steroid dienone is 1. The second-order valence-electron chi connectivity index (χ2n) is 4.53. The van der Waals surface area contributed by atoms with Gasteiger partial charge in [-0.2, -0.15) is 0 Å². The summed E-state index contributed by atoms with van der Waals surface area (Å²) in [5.74, 6) is -0.670. The fourth-order valence-corrected chi connectivity index (χ4v) is 1.66. The molecule has 0 atom stereocenters. The smallest absolute Gasteiger partial charge is 0.328 e. The fraction of sp³-hybridized carbons (Fsp3) is 0.235. The molecule has 22 heavy (non-hydrogen) atoms. The number of anilines is 1. The summed E-state index contributed by atoms with van der Waals surface area (Å²) in [7, 11) is 3.89. The molecule has 0 bridgehead atoms. The Balaban J connectivity index is 3.10. The van der Waals surface area contributed by atoms with Gasteiger partial charge in [0.2, 0.25) is 0 Å². The van der Waals surface area contributed by atoms with Gasteiger partial charge in [-0.3, -0.25) is 0 Å². The van der Waals surface area contributed by atoms with Crippen molar-refractivity contribution < 1.29 is 9.53 Å². The van der Waals surface area contributed by atoms with Crippen LogP contribution in [0.3, 0.4) is 0 Å². The molecule has 0 aliphatic carbocycles. The van der Waals surface area contributed by atoms with E-state index in [1.807, 2.05) is 43.3 Å². The lowest BCUT2D eigenvalue weighted by molar-refractivity contribution is -0.138. The Kier molecular flexibility index (Phi) is 6.40. The number of carbonyl (C=O) groups excluding carboxylic acids is 1. The van der Waals surface area contributed by atoms with Crippen molar-refractivity contribution in [2.24, 2.45) is 0 Å². The van der Waals surface area contributed by atoms with Crippen LogP contribution in [-0.4, -0.2) is 26.7 Å². The summed E-state index contributed by atoms with van der Waals surface area (Å²) >= 11 is 0. The first-order valence-electron chi connectivity index (χ1n) is 6.67. The third-order valence-electron chi connectivity index (χ3n) is 2.82. The van der Waals surface area contributed by atoms with Crippen molar-refractivity contribution in [3.8, 4) is 6.07 Å². The number of benzene rings is 1. The van der Waals surface area contributed by atoms with Gasteiger partial charge in [0.1, 0.15) is 0 Å². The van der Waals surface area contributed by atoms with Crippen molar-refractivity contribution in [1.29, 1.82) is 5.26 Å². The minimum atomic E-state index is -0.670. The highest BCUT2D eigenvalue weighted by atomic mass is 16.5. The van der Waals surface area contributed by atoms with Gasteiger partial charge in [0.15, 0.2) is 0 Å². The quantitative estimate of drug-likeness (QED) is 0.275. The summed E-state index contributed by atoms with van der Waals surface area (Å²) in [5.41, 5.74) is 1.60. The molecule has 1 aromatic rings. The van der Waals surface area contributed by atoms with Gasteiger partial charge in [-0.1, -0.05) is 24.3 Å². The van der Waals surface area contributed by atoms with Crippen LogP contribution < -0.4 is 4.90 Å². The summed E-state index contributed by atoms with van der Waals surface area (Å²) in [4.78, 5) is 16.9.